The van der Waals surface area contributed by atoms with Crippen LogP contribution in [0.2, 0.25) is 0 Å². The maximum atomic E-state index is 12.4. The van der Waals surface area contributed by atoms with Crippen LogP contribution in [0.25, 0.3) is 0 Å². The first-order valence-corrected chi connectivity index (χ1v) is 11.4. The van der Waals surface area contributed by atoms with E-state index in [0.717, 1.165) is 34.0 Å². The molecule has 7 heteroatoms. The summed E-state index contributed by atoms with van der Waals surface area (Å²) in [6.07, 6.45) is -0.257. The second-order valence-corrected chi connectivity index (χ2v) is 8.75. The minimum atomic E-state index is -0.257. The van der Waals surface area contributed by atoms with Crippen molar-refractivity contribution in [2.45, 2.75) is 59.3 Å². The van der Waals surface area contributed by atoms with Gasteiger partial charge < -0.3 is 14.6 Å². The van der Waals surface area contributed by atoms with Crippen LogP contribution in [0.3, 0.4) is 0 Å². The molecule has 0 aliphatic rings. The summed E-state index contributed by atoms with van der Waals surface area (Å²) in [6.45, 7) is 12.9. The first-order valence-electron chi connectivity index (χ1n) is 10.4. The van der Waals surface area contributed by atoms with Gasteiger partial charge in [0.05, 0.1) is 5.75 Å². The standard InChI is InChI=1S/C24H30N4O2S/c1-7-28-23(19(6)30-21-11-15(2)10-16(3)12-21)26-27-24(28)31-14-22(29)25-20-9-8-17(4)18(5)13-20/h8-13,19H,7,14H2,1-6H3,(H,25,29). The fourth-order valence-electron chi connectivity index (χ4n) is 3.41. The van der Waals surface area contributed by atoms with E-state index < -0.39 is 0 Å². The summed E-state index contributed by atoms with van der Waals surface area (Å²) in [6, 6.07) is 12.1. The first-order chi connectivity index (χ1) is 14.8. The third-order valence-electron chi connectivity index (χ3n) is 5.06. The van der Waals surface area contributed by atoms with Crippen LogP contribution in [-0.2, 0) is 11.3 Å². The fraction of sp³-hybridized carbons (Fsp3) is 0.375. The Labute approximate surface area is 188 Å². The molecular weight excluding hydrogens is 408 g/mol. The van der Waals surface area contributed by atoms with Crippen LogP contribution in [0.15, 0.2) is 41.6 Å². The van der Waals surface area contributed by atoms with Gasteiger partial charge in [-0.3, -0.25) is 4.79 Å². The highest BCUT2D eigenvalue weighted by Crippen LogP contribution is 2.26. The number of anilines is 1. The number of nitrogens with one attached hydrogen (secondary N) is 1. The number of carbonyl (C=O) groups excluding carboxylic acids is 1. The predicted octanol–water partition coefficient (Wildman–Crippen LogP) is 5.40. The van der Waals surface area contributed by atoms with E-state index in [0.29, 0.717) is 11.7 Å². The number of amides is 1. The van der Waals surface area contributed by atoms with Crippen LogP contribution >= 0.6 is 11.8 Å². The Morgan fingerprint density at radius 3 is 2.42 bits per heavy atom. The van der Waals surface area contributed by atoms with Crippen molar-refractivity contribution >= 4 is 23.4 Å². The van der Waals surface area contributed by atoms with Gasteiger partial charge in [-0.15, -0.1) is 10.2 Å². The van der Waals surface area contributed by atoms with Gasteiger partial charge >= 0.3 is 0 Å². The topological polar surface area (TPSA) is 69.0 Å². The number of hydrogen-bond donors (Lipinski definition) is 1. The molecule has 3 aromatic rings. The van der Waals surface area contributed by atoms with Crippen LogP contribution in [0, 0.1) is 27.7 Å². The van der Waals surface area contributed by atoms with Crippen molar-refractivity contribution in [3.63, 3.8) is 0 Å². The molecule has 0 saturated carbocycles. The quantitative estimate of drug-likeness (QED) is 0.477. The summed E-state index contributed by atoms with van der Waals surface area (Å²) in [5.74, 6) is 1.76. The predicted molar refractivity (Wildman–Crippen MR) is 126 cm³/mol. The second kappa shape index (κ2) is 10.0. The molecule has 2 aromatic carbocycles. The Hall–Kier alpha value is -2.80. The lowest BCUT2D eigenvalue weighted by atomic mass is 10.1. The highest BCUT2D eigenvalue weighted by molar-refractivity contribution is 7.99. The first kappa shape index (κ1) is 22.9. The molecule has 0 bridgehead atoms. The molecule has 1 heterocycles. The molecule has 0 saturated heterocycles. The van der Waals surface area contributed by atoms with Crippen molar-refractivity contribution in [1.29, 1.82) is 0 Å². The molecule has 0 radical (unpaired) electrons. The lowest BCUT2D eigenvalue weighted by molar-refractivity contribution is -0.113. The molecule has 1 amide bonds. The molecule has 0 spiro atoms. The van der Waals surface area contributed by atoms with Gasteiger partial charge in [0.15, 0.2) is 17.1 Å². The number of benzene rings is 2. The molecule has 3 rings (SSSR count). The average Bonchev–Trinajstić information content (AvgIpc) is 3.11. The molecule has 1 aromatic heterocycles. The summed E-state index contributed by atoms with van der Waals surface area (Å²) >= 11 is 1.38. The molecular formula is C24H30N4O2S. The van der Waals surface area contributed by atoms with Crippen molar-refractivity contribution in [1.82, 2.24) is 14.8 Å². The molecule has 6 nitrogen and oxygen atoms in total. The molecule has 0 aliphatic carbocycles. The number of thioether (sulfide) groups is 1. The van der Waals surface area contributed by atoms with Crippen molar-refractivity contribution in [2.24, 2.45) is 0 Å². The molecule has 0 aliphatic heterocycles. The van der Waals surface area contributed by atoms with Gasteiger partial charge in [-0.1, -0.05) is 23.9 Å². The Kier molecular flexibility index (Phi) is 7.38. The summed E-state index contributed by atoms with van der Waals surface area (Å²) in [4.78, 5) is 12.4. The molecule has 0 fully saturated rings. The highest BCUT2D eigenvalue weighted by Gasteiger charge is 2.19. The van der Waals surface area contributed by atoms with E-state index in [4.69, 9.17) is 4.74 Å². The van der Waals surface area contributed by atoms with Gasteiger partial charge in [-0.25, -0.2) is 0 Å². The number of hydrogen-bond acceptors (Lipinski definition) is 5. The van der Waals surface area contributed by atoms with Crippen molar-refractivity contribution in [3.8, 4) is 5.75 Å². The van der Waals surface area contributed by atoms with E-state index in [9.17, 15) is 4.79 Å². The van der Waals surface area contributed by atoms with Crippen molar-refractivity contribution in [2.75, 3.05) is 11.1 Å². The average molecular weight is 439 g/mol. The van der Waals surface area contributed by atoms with Gasteiger partial charge in [0, 0.05) is 12.2 Å². The van der Waals surface area contributed by atoms with Crippen LogP contribution in [0.1, 0.15) is 48.0 Å². The zero-order valence-electron chi connectivity index (χ0n) is 19.0. The van der Waals surface area contributed by atoms with Crippen LogP contribution < -0.4 is 10.1 Å². The molecule has 1 N–H and O–H groups in total. The van der Waals surface area contributed by atoms with Gasteiger partial charge in [-0.05, 0) is 88.1 Å². The Morgan fingerprint density at radius 2 is 1.77 bits per heavy atom. The third-order valence-corrected chi connectivity index (χ3v) is 6.02. The van der Waals surface area contributed by atoms with E-state index in [-0.39, 0.29) is 17.8 Å². The molecule has 1 unspecified atom stereocenters. The van der Waals surface area contributed by atoms with Crippen LogP contribution in [0.5, 0.6) is 5.75 Å². The zero-order valence-corrected chi connectivity index (χ0v) is 19.8. The fourth-order valence-corrected chi connectivity index (χ4v) is 4.22. The molecule has 164 valence electrons. The van der Waals surface area contributed by atoms with Gasteiger partial charge in [0.25, 0.3) is 0 Å². The Morgan fingerprint density at radius 1 is 1.06 bits per heavy atom. The summed E-state index contributed by atoms with van der Waals surface area (Å²) < 4.78 is 8.13. The normalized spacial score (nSPS) is 11.9. The SMILES string of the molecule is CCn1c(SCC(=O)Nc2ccc(C)c(C)c2)nnc1C(C)Oc1cc(C)cc(C)c1. The summed E-state index contributed by atoms with van der Waals surface area (Å²) in [7, 11) is 0. The summed E-state index contributed by atoms with van der Waals surface area (Å²) in [5, 5.41) is 12.3. The lowest BCUT2D eigenvalue weighted by Crippen LogP contribution is -2.15. The summed E-state index contributed by atoms with van der Waals surface area (Å²) in [5.41, 5.74) is 5.48. The van der Waals surface area contributed by atoms with Gasteiger partial charge in [0.1, 0.15) is 5.75 Å². The maximum absolute atomic E-state index is 12.4. The number of rotatable bonds is 8. The number of aryl methyl sites for hydroxylation is 4. The Balaban J connectivity index is 1.64. The highest BCUT2D eigenvalue weighted by atomic mass is 32.2. The largest absolute Gasteiger partial charge is 0.483 e. The van der Waals surface area contributed by atoms with Crippen molar-refractivity contribution in [3.05, 3.63) is 64.5 Å². The van der Waals surface area contributed by atoms with Crippen molar-refractivity contribution < 1.29 is 9.53 Å². The number of nitrogens with zero attached hydrogens (tertiary/aromatic N) is 3. The van der Waals surface area contributed by atoms with Crippen LogP contribution in [-0.4, -0.2) is 26.4 Å². The van der Waals surface area contributed by atoms with E-state index in [2.05, 4.69) is 42.4 Å². The number of carbonyl (C=O) groups is 1. The van der Waals surface area contributed by atoms with Gasteiger partial charge in [-0.2, -0.15) is 0 Å². The monoisotopic (exact) mass is 438 g/mol. The second-order valence-electron chi connectivity index (χ2n) is 7.80. The number of ether oxygens (including phenoxy) is 1. The third kappa shape index (κ3) is 5.88. The minimum Gasteiger partial charge on any atom is -0.483 e. The maximum Gasteiger partial charge on any atom is 0.234 e. The zero-order chi connectivity index (χ0) is 22.5. The van der Waals surface area contributed by atoms with E-state index in [1.807, 2.05) is 55.7 Å². The van der Waals surface area contributed by atoms with E-state index in [1.165, 1.54) is 17.3 Å². The smallest absolute Gasteiger partial charge is 0.234 e. The van der Waals surface area contributed by atoms with Gasteiger partial charge in [0.2, 0.25) is 5.91 Å². The van der Waals surface area contributed by atoms with E-state index >= 15 is 0 Å². The Bertz CT molecular complexity index is 1060. The lowest BCUT2D eigenvalue weighted by Gasteiger charge is -2.16. The van der Waals surface area contributed by atoms with E-state index in [1.54, 1.807) is 0 Å². The minimum absolute atomic E-state index is 0.0695. The molecule has 31 heavy (non-hydrogen) atoms. The molecule has 1 atom stereocenters. The van der Waals surface area contributed by atoms with Crippen LogP contribution in [0.4, 0.5) is 5.69 Å². The number of aromatic nitrogens is 3.